The summed E-state index contributed by atoms with van der Waals surface area (Å²) >= 11 is 0. The quantitative estimate of drug-likeness (QED) is 0.457. The van der Waals surface area contributed by atoms with E-state index in [1.165, 1.54) is 6.07 Å². The van der Waals surface area contributed by atoms with Gasteiger partial charge in [-0.05, 0) is 6.07 Å². The summed E-state index contributed by atoms with van der Waals surface area (Å²) in [4.78, 5) is 12.5. The lowest BCUT2D eigenvalue weighted by molar-refractivity contribution is -0.384. The van der Waals surface area contributed by atoms with Crippen molar-refractivity contribution >= 4 is 11.5 Å². The molecule has 76 valence electrons. The number of halogens is 3. The highest BCUT2D eigenvalue weighted by Crippen LogP contribution is 2.25. The molecular formula is C6H4F3N3O2. The largest absolute Gasteiger partial charge is 0.483 e. The Morgan fingerprint density at radius 2 is 2.14 bits per heavy atom. The number of pyridine rings is 1. The zero-order chi connectivity index (χ0) is 10.8. The van der Waals surface area contributed by atoms with Crippen molar-refractivity contribution in [3.8, 4) is 0 Å². The molecule has 1 aromatic heterocycles. The SMILES string of the molecule is O=[N+]([O-])c1cccnc1NC(F)(F)F. The molecule has 0 amide bonds. The Labute approximate surface area is 75.7 Å². The van der Waals surface area contributed by atoms with Crippen molar-refractivity contribution in [2.24, 2.45) is 0 Å². The lowest BCUT2D eigenvalue weighted by atomic mass is 10.4. The Hall–Kier alpha value is -1.86. The molecule has 0 aromatic carbocycles. The average molecular weight is 207 g/mol. The minimum Gasteiger partial charge on any atom is -0.276 e. The summed E-state index contributed by atoms with van der Waals surface area (Å²) in [6.07, 6.45) is -3.71. The van der Waals surface area contributed by atoms with E-state index in [9.17, 15) is 23.3 Å². The molecule has 0 aliphatic carbocycles. The Balaban J connectivity index is 3.02. The zero-order valence-corrected chi connectivity index (χ0v) is 6.58. The van der Waals surface area contributed by atoms with E-state index in [0.717, 1.165) is 17.6 Å². The molecule has 0 saturated heterocycles. The summed E-state index contributed by atoms with van der Waals surface area (Å²) in [6, 6.07) is 2.11. The topological polar surface area (TPSA) is 68.1 Å². The molecule has 0 saturated carbocycles. The molecule has 0 fully saturated rings. The van der Waals surface area contributed by atoms with E-state index < -0.39 is 22.7 Å². The Bertz CT molecular complexity index is 352. The third-order valence-corrected chi connectivity index (χ3v) is 1.24. The lowest BCUT2D eigenvalue weighted by Gasteiger charge is -2.08. The number of hydrogen-bond donors (Lipinski definition) is 1. The van der Waals surface area contributed by atoms with Crippen LogP contribution in [0.3, 0.4) is 0 Å². The molecule has 0 atom stereocenters. The first kappa shape index (κ1) is 10.2. The fraction of sp³-hybridized carbons (Fsp3) is 0.167. The molecule has 1 aromatic rings. The number of alkyl halides is 3. The molecule has 1 heterocycles. The number of anilines is 1. The Morgan fingerprint density at radius 1 is 1.50 bits per heavy atom. The first-order valence-corrected chi connectivity index (χ1v) is 3.34. The van der Waals surface area contributed by atoms with Crippen LogP contribution in [0.25, 0.3) is 0 Å². The van der Waals surface area contributed by atoms with E-state index in [1.807, 2.05) is 0 Å². The van der Waals surface area contributed by atoms with Gasteiger partial charge in [-0.3, -0.25) is 15.4 Å². The van der Waals surface area contributed by atoms with Gasteiger partial charge in [0.05, 0.1) is 4.92 Å². The van der Waals surface area contributed by atoms with Crippen LogP contribution in [0.2, 0.25) is 0 Å². The maximum atomic E-state index is 11.8. The number of hydrogen-bond acceptors (Lipinski definition) is 4. The van der Waals surface area contributed by atoms with Crippen LogP contribution in [-0.4, -0.2) is 16.2 Å². The molecule has 0 aliphatic rings. The molecule has 8 heteroatoms. The van der Waals surface area contributed by atoms with Crippen LogP contribution in [0.5, 0.6) is 0 Å². The van der Waals surface area contributed by atoms with Gasteiger partial charge in [-0.2, -0.15) is 13.2 Å². The van der Waals surface area contributed by atoms with Crippen LogP contribution in [0, 0.1) is 10.1 Å². The predicted molar refractivity (Wildman–Crippen MR) is 40.6 cm³/mol. The van der Waals surface area contributed by atoms with Gasteiger partial charge in [-0.1, -0.05) is 0 Å². The van der Waals surface area contributed by atoms with Crippen molar-refractivity contribution in [2.75, 3.05) is 5.32 Å². The van der Waals surface area contributed by atoms with Crippen molar-refractivity contribution in [1.82, 2.24) is 4.98 Å². The van der Waals surface area contributed by atoms with Gasteiger partial charge in [0.1, 0.15) is 0 Å². The van der Waals surface area contributed by atoms with Crippen LogP contribution < -0.4 is 5.32 Å². The van der Waals surface area contributed by atoms with Gasteiger partial charge in [0.2, 0.25) is 5.82 Å². The lowest BCUT2D eigenvalue weighted by Crippen LogP contribution is -2.22. The van der Waals surface area contributed by atoms with Gasteiger partial charge in [-0.15, -0.1) is 0 Å². The molecule has 1 rings (SSSR count). The molecule has 14 heavy (non-hydrogen) atoms. The second-order valence-corrected chi connectivity index (χ2v) is 2.25. The zero-order valence-electron chi connectivity index (χ0n) is 6.58. The summed E-state index contributed by atoms with van der Waals surface area (Å²) < 4.78 is 35.4. The molecule has 0 aliphatic heterocycles. The van der Waals surface area contributed by atoms with E-state index >= 15 is 0 Å². The molecular weight excluding hydrogens is 203 g/mol. The smallest absolute Gasteiger partial charge is 0.276 e. The van der Waals surface area contributed by atoms with E-state index in [0.29, 0.717) is 0 Å². The van der Waals surface area contributed by atoms with Crippen LogP contribution in [-0.2, 0) is 0 Å². The number of aromatic nitrogens is 1. The number of nitrogens with zero attached hydrogens (tertiary/aromatic N) is 2. The van der Waals surface area contributed by atoms with Crippen LogP contribution in [0.15, 0.2) is 18.3 Å². The number of nitrogens with one attached hydrogen (secondary N) is 1. The van der Waals surface area contributed by atoms with Gasteiger partial charge < -0.3 is 0 Å². The second-order valence-electron chi connectivity index (χ2n) is 2.25. The van der Waals surface area contributed by atoms with E-state index in [-0.39, 0.29) is 0 Å². The standard InChI is InChI=1S/C6H4F3N3O2/c7-6(8,9)11-5-4(12(13)14)2-1-3-10-5/h1-3H,(H,10,11). The van der Waals surface area contributed by atoms with Crippen molar-refractivity contribution in [2.45, 2.75) is 6.30 Å². The fourth-order valence-corrected chi connectivity index (χ4v) is 0.775. The Morgan fingerprint density at radius 3 is 2.64 bits per heavy atom. The van der Waals surface area contributed by atoms with E-state index in [2.05, 4.69) is 4.98 Å². The van der Waals surface area contributed by atoms with Gasteiger partial charge in [0.15, 0.2) is 0 Å². The molecule has 0 spiro atoms. The molecule has 0 bridgehead atoms. The third-order valence-electron chi connectivity index (χ3n) is 1.24. The number of nitro groups is 1. The highest BCUT2D eigenvalue weighted by atomic mass is 19.4. The van der Waals surface area contributed by atoms with Gasteiger partial charge >= 0.3 is 12.0 Å². The highest BCUT2D eigenvalue weighted by Gasteiger charge is 2.31. The maximum Gasteiger partial charge on any atom is 0.483 e. The minimum absolute atomic E-state index is 0.718. The monoisotopic (exact) mass is 207 g/mol. The van der Waals surface area contributed by atoms with Gasteiger partial charge in [0.25, 0.3) is 0 Å². The average Bonchev–Trinajstić information content (AvgIpc) is 2.01. The summed E-state index contributed by atoms with van der Waals surface area (Å²) in [5.74, 6) is -0.815. The normalized spacial score (nSPS) is 11.1. The summed E-state index contributed by atoms with van der Waals surface area (Å²) in [5.41, 5.74) is -0.718. The third kappa shape index (κ3) is 2.57. The first-order valence-electron chi connectivity index (χ1n) is 3.34. The summed E-state index contributed by atoms with van der Waals surface area (Å²) in [6.45, 7) is 0. The van der Waals surface area contributed by atoms with Gasteiger partial charge in [0, 0.05) is 12.3 Å². The van der Waals surface area contributed by atoms with Crippen LogP contribution in [0.1, 0.15) is 0 Å². The first-order chi connectivity index (χ1) is 6.40. The van der Waals surface area contributed by atoms with E-state index in [4.69, 9.17) is 0 Å². The van der Waals surface area contributed by atoms with Gasteiger partial charge in [-0.25, -0.2) is 4.98 Å². The van der Waals surface area contributed by atoms with Crippen LogP contribution >= 0.6 is 0 Å². The van der Waals surface area contributed by atoms with Crippen molar-refractivity contribution in [3.63, 3.8) is 0 Å². The molecule has 1 N–H and O–H groups in total. The molecule has 5 nitrogen and oxygen atoms in total. The minimum atomic E-state index is -4.74. The van der Waals surface area contributed by atoms with Crippen molar-refractivity contribution in [1.29, 1.82) is 0 Å². The second kappa shape index (κ2) is 3.48. The molecule has 0 radical (unpaired) electrons. The summed E-state index contributed by atoms with van der Waals surface area (Å²) in [5, 5.41) is 11.2. The van der Waals surface area contributed by atoms with Crippen molar-refractivity contribution < 1.29 is 18.1 Å². The number of rotatable bonds is 2. The Kier molecular flexibility index (Phi) is 2.54. The highest BCUT2D eigenvalue weighted by molar-refractivity contribution is 5.55. The maximum absolute atomic E-state index is 11.8. The predicted octanol–water partition coefficient (Wildman–Crippen LogP) is 1.92. The van der Waals surface area contributed by atoms with E-state index in [1.54, 1.807) is 0 Å². The fourth-order valence-electron chi connectivity index (χ4n) is 0.775. The van der Waals surface area contributed by atoms with Crippen molar-refractivity contribution in [3.05, 3.63) is 28.4 Å². The summed E-state index contributed by atoms with van der Waals surface area (Å²) in [7, 11) is 0. The van der Waals surface area contributed by atoms with Crippen LogP contribution in [0.4, 0.5) is 24.7 Å². The molecule has 0 unspecified atom stereocenters.